The van der Waals surface area contributed by atoms with Crippen molar-refractivity contribution in [3.63, 3.8) is 0 Å². The Kier molecular flexibility index (Phi) is 4.89. The molecule has 1 aromatic carbocycles. The Hall–Kier alpha value is -2.74. The van der Waals surface area contributed by atoms with Gasteiger partial charge in [-0.2, -0.15) is 0 Å². The minimum absolute atomic E-state index is 0.0444. The van der Waals surface area contributed by atoms with E-state index in [1.165, 1.54) is 19.2 Å². The predicted molar refractivity (Wildman–Crippen MR) is 98.7 cm³/mol. The summed E-state index contributed by atoms with van der Waals surface area (Å²) in [6, 6.07) is 7.03. The smallest absolute Gasteiger partial charge is 0.258 e. The molecule has 1 amide bonds. The molecular formula is C20H21F2N3O3. The molecule has 0 spiro atoms. The summed E-state index contributed by atoms with van der Waals surface area (Å²) in [5.41, 5.74) is 0.339. The van der Waals surface area contributed by atoms with Gasteiger partial charge >= 0.3 is 0 Å². The van der Waals surface area contributed by atoms with E-state index < -0.39 is 23.1 Å². The maximum absolute atomic E-state index is 14.2. The second kappa shape index (κ2) is 7.35. The van der Waals surface area contributed by atoms with Crippen LogP contribution in [-0.2, 0) is 0 Å². The highest BCUT2D eigenvalue weighted by Gasteiger charge is 2.38. The number of carbonyl (C=O) groups excluding carboxylic acids is 1. The minimum atomic E-state index is -1.25. The molecule has 1 saturated heterocycles. The van der Waals surface area contributed by atoms with Crippen LogP contribution < -0.4 is 20.9 Å². The number of amides is 1. The number of rotatable bonds is 4. The number of halogens is 2. The van der Waals surface area contributed by atoms with E-state index in [0.29, 0.717) is 0 Å². The van der Waals surface area contributed by atoms with Crippen LogP contribution in [0, 0.1) is 17.6 Å². The van der Waals surface area contributed by atoms with Crippen molar-refractivity contribution in [1.29, 1.82) is 0 Å². The standard InChI is InChI=1S/C20H21F2N3O3/c1-28-16-6-5-13(21)19(22)18(16)20(27)24-10-15-12-7-11(8-23-9-12)14-3-2-4-17(26)25(14)15/h2-6,11-12,15,23H,7-10H2,1H3,(H,24,27)/t11-,12+,15+/m1/s1. The largest absolute Gasteiger partial charge is 0.496 e. The van der Waals surface area contributed by atoms with E-state index in [-0.39, 0.29) is 35.7 Å². The SMILES string of the molecule is COc1ccc(F)c(F)c1C(=O)NC[C@H]1[C@@H]2CNC[C@@H](C2)c2cccc(=O)n21. The minimum Gasteiger partial charge on any atom is -0.496 e. The zero-order chi connectivity index (χ0) is 19.8. The lowest BCUT2D eigenvalue weighted by Crippen LogP contribution is -2.50. The molecule has 2 N–H and O–H groups in total. The summed E-state index contributed by atoms with van der Waals surface area (Å²) in [5.74, 6) is -2.78. The highest BCUT2D eigenvalue weighted by atomic mass is 19.2. The number of benzene rings is 1. The van der Waals surface area contributed by atoms with Crippen molar-refractivity contribution in [3.8, 4) is 5.75 Å². The van der Waals surface area contributed by atoms with E-state index in [4.69, 9.17) is 4.74 Å². The fourth-order valence-electron chi connectivity index (χ4n) is 4.37. The van der Waals surface area contributed by atoms with Gasteiger partial charge < -0.3 is 19.9 Å². The summed E-state index contributed by atoms with van der Waals surface area (Å²) >= 11 is 0. The van der Waals surface area contributed by atoms with Gasteiger partial charge in [0, 0.05) is 37.3 Å². The fourth-order valence-corrected chi connectivity index (χ4v) is 4.37. The topological polar surface area (TPSA) is 72.4 Å². The Morgan fingerprint density at radius 2 is 2.11 bits per heavy atom. The maximum Gasteiger partial charge on any atom is 0.258 e. The monoisotopic (exact) mass is 389 g/mol. The van der Waals surface area contributed by atoms with E-state index in [2.05, 4.69) is 10.6 Å². The lowest BCUT2D eigenvalue weighted by Gasteiger charge is -2.43. The number of aromatic nitrogens is 1. The fraction of sp³-hybridized carbons (Fsp3) is 0.400. The summed E-state index contributed by atoms with van der Waals surface area (Å²) in [5, 5.41) is 6.04. The van der Waals surface area contributed by atoms with Gasteiger partial charge in [-0.15, -0.1) is 0 Å². The number of ether oxygens (including phenoxy) is 1. The van der Waals surface area contributed by atoms with Crippen molar-refractivity contribution in [2.75, 3.05) is 26.7 Å². The van der Waals surface area contributed by atoms with Crippen LogP contribution in [0.5, 0.6) is 5.75 Å². The Balaban J connectivity index is 1.62. The summed E-state index contributed by atoms with van der Waals surface area (Å²) in [6.45, 7) is 1.67. The molecule has 6 nitrogen and oxygen atoms in total. The average Bonchev–Trinajstić information content (AvgIpc) is 2.70. The number of pyridine rings is 1. The normalized spacial score (nSPS) is 23.0. The molecule has 1 fully saturated rings. The number of carbonyl (C=O) groups is 1. The first kappa shape index (κ1) is 18.6. The molecule has 2 aliphatic rings. The Morgan fingerprint density at radius 1 is 1.29 bits per heavy atom. The number of hydrogen-bond acceptors (Lipinski definition) is 4. The van der Waals surface area contributed by atoms with E-state index in [1.54, 1.807) is 10.6 Å². The van der Waals surface area contributed by atoms with Crippen molar-refractivity contribution < 1.29 is 18.3 Å². The quantitative estimate of drug-likeness (QED) is 0.837. The molecule has 0 radical (unpaired) electrons. The average molecular weight is 389 g/mol. The van der Waals surface area contributed by atoms with Gasteiger partial charge in [0.1, 0.15) is 11.3 Å². The number of hydrogen-bond donors (Lipinski definition) is 2. The van der Waals surface area contributed by atoms with E-state index >= 15 is 0 Å². The van der Waals surface area contributed by atoms with Crippen LogP contribution in [0.2, 0.25) is 0 Å². The summed E-state index contributed by atoms with van der Waals surface area (Å²) < 4.78 is 34.5. The van der Waals surface area contributed by atoms with Crippen LogP contribution in [0.1, 0.15) is 34.4 Å². The van der Waals surface area contributed by atoms with E-state index in [1.807, 2.05) is 6.07 Å². The first-order valence-electron chi connectivity index (χ1n) is 9.23. The van der Waals surface area contributed by atoms with Gasteiger partial charge in [0.2, 0.25) is 0 Å². The van der Waals surface area contributed by atoms with Crippen molar-refractivity contribution in [2.24, 2.45) is 5.92 Å². The molecule has 3 heterocycles. The third-order valence-electron chi connectivity index (χ3n) is 5.68. The molecule has 2 aliphatic heterocycles. The molecule has 28 heavy (non-hydrogen) atoms. The van der Waals surface area contributed by atoms with Crippen LogP contribution in [-0.4, -0.2) is 37.2 Å². The van der Waals surface area contributed by atoms with Crippen LogP contribution in [0.25, 0.3) is 0 Å². The Labute approximate surface area is 160 Å². The highest BCUT2D eigenvalue weighted by molar-refractivity contribution is 5.97. The van der Waals surface area contributed by atoms with Crippen LogP contribution in [0.4, 0.5) is 8.78 Å². The number of piperidine rings is 1. The molecule has 148 valence electrons. The molecule has 0 aliphatic carbocycles. The number of nitrogens with zero attached hydrogens (tertiary/aromatic N) is 1. The zero-order valence-electron chi connectivity index (χ0n) is 15.4. The van der Waals surface area contributed by atoms with Crippen molar-refractivity contribution in [2.45, 2.75) is 18.4 Å². The molecule has 2 aromatic rings. The number of methoxy groups -OCH3 is 1. The van der Waals surface area contributed by atoms with Crippen LogP contribution in [0.15, 0.2) is 35.1 Å². The Bertz CT molecular complexity index is 976. The molecule has 0 unspecified atom stereocenters. The van der Waals surface area contributed by atoms with Crippen molar-refractivity contribution in [1.82, 2.24) is 15.2 Å². The van der Waals surface area contributed by atoms with Gasteiger partial charge in [-0.25, -0.2) is 8.78 Å². The predicted octanol–water partition coefficient (Wildman–Crippen LogP) is 1.81. The van der Waals surface area contributed by atoms with Crippen molar-refractivity contribution in [3.05, 3.63) is 63.6 Å². The van der Waals surface area contributed by atoms with Gasteiger partial charge in [-0.05, 0) is 30.5 Å². The lowest BCUT2D eigenvalue weighted by atomic mass is 9.79. The third-order valence-corrected chi connectivity index (χ3v) is 5.68. The maximum atomic E-state index is 14.2. The van der Waals surface area contributed by atoms with E-state index in [0.717, 1.165) is 31.3 Å². The second-order valence-corrected chi connectivity index (χ2v) is 7.23. The summed E-state index contributed by atoms with van der Waals surface area (Å²) in [7, 11) is 1.29. The molecule has 8 heteroatoms. The zero-order valence-corrected chi connectivity index (χ0v) is 15.4. The molecule has 0 saturated carbocycles. The van der Waals surface area contributed by atoms with Gasteiger partial charge in [0.15, 0.2) is 11.6 Å². The molecule has 4 rings (SSSR count). The van der Waals surface area contributed by atoms with E-state index in [9.17, 15) is 18.4 Å². The Morgan fingerprint density at radius 3 is 2.89 bits per heavy atom. The molecule has 2 bridgehead atoms. The first-order chi connectivity index (χ1) is 13.5. The number of nitrogens with one attached hydrogen (secondary N) is 2. The molecule has 3 atom stereocenters. The number of fused-ring (bicyclic) bond motifs is 4. The summed E-state index contributed by atoms with van der Waals surface area (Å²) in [4.78, 5) is 25.1. The van der Waals surface area contributed by atoms with Gasteiger partial charge in [0.25, 0.3) is 11.5 Å². The van der Waals surface area contributed by atoms with Gasteiger partial charge in [0.05, 0.1) is 13.2 Å². The summed E-state index contributed by atoms with van der Waals surface area (Å²) in [6.07, 6.45) is 0.911. The van der Waals surface area contributed by atoms with Crippen molar-refractivity contribution >= 4 is 5.91 Å². The molecular weight excluding hydrogens is 368 g/mol. The lowest BCUT2D eigenvalue weighted by molar-refractivity contribution is 0.0923. The molecule has 1 aromatic heterocycles. The third kappa shape index (κ3) is 3.07. The van der Waals surface area contributed by atoms with Gasteiger partial charge in [-0.1, -0.05) is 6.07 Å². The van der Waals surface area contributed by atoms with Crippen LogP contribution >= 0.6 is 0 Å². The van der Waals surface area contributed by atoms with Gasteiger partial charge in [-0.3, -0.25) is 9.59 Å². The second-order valence-electron chi connectivity index (χ2n) is 7.23. The highest BCUT2D eigenvalue weighted by Crippen LogP contribution is 2.38. The van der Waals surface area contributed by atoms with Crippen LogP contribution in [0.3, 0.4) is 0 Å². The first-order valence-corrected chi connectivity index (χ1v) is 9.23.